The van der Waals surface area contributed by atoms with E-state index in [0.717, 1.165) is 24.1 Å². The first-order chi connectivity index (χ1) is 12.0. The molecule has 1 heterocycles. The first-order valence-electron chi connectivity index (χ1n) is 8.87. The molecule has 1 aromatic heterocycles. The average molecular weight is 468 g/mol. The number of fused-ring (bicyclic) bond motifs is 1. The fourth-order valence-electron chi connectivity index (χ4n) is 3.44. The highest BCUT2D eigenvalue weighted by Gasteiger charge is 2.16. The molecule has 0 saturated heterocycles. The van der Waals surface area contributed by atoms with E-state index in [1.54, 1.807) is 0 Å². The highest BCUT2D eigenvalue weighted by molar-refractivity contribution is 14.0. The molecule has 1 unspecified atom stereocenters. The monoisotopic (exact) mass is 468 g/mol. The van der Waals surface area contributed by atoms with Crippen molar-refractivity contribution in [2.75, 3.05) is 26.0 Å². The Balaban J connectivity index is 0.00000243. The van der Waals surface area contributed by atoms with Crippen molar-refractivity contribution < 1.29 is 0 Å². The quantitative estimate of drug-likeness (QED) is 0.402. The van der Waals surface area contributed by atoms with Crippen molar-refractivity contribution in [1.82, 2.24) is 14.7 Å². The van der Waals surface area contributed by atoms with E-state index in [1.807, 2.05) is 38.2 Å². The van der Waals surface area contributed by atoms with Gasteiger partial charge in [-0.1, -0.05) is 12.1 Å². The number of aromatic nitrogens is 2. The van der Waals surface area contributed by atoms with Gasteiger partial charge >= 0.3 is 0 Å². The van der Waals surface area contributed by atoms with Gasteiger partial charge < -0.3 is 16.0 Å². The summed E-state index contributed by atoms with van der Waals surface area (Å²) < 4.78 is 1.81. The summed E-state index contributed by atoms with van der Waals surface area (Å²) in [6.07, 6.45) is 8.70. The first kappa shape index (κ1) is 20.7. The lowest BCUT2D eigenvalue weighted by Gasteiger charge is -2.22. The fourth-order valence-corrected chi connectivity index (χ4v) is 3.44. The lowest BCUT2D eigenvalue weighted by Crippen LogP contribution is -2.27. The van der Waals surface area contributed by atoms with Crippen LogP contribution in [0.5, 0.6) is 0 Å². The Kier molecular flexibility index (Phi) is 7.45. The van der Waals surface area contributed by atoms with Gasteiger partial charge in [-0.15, -0.1) is 24.0 Å². The summed E-state index contributed by atoms with van der Waals surface area (Å²) in [5.74, 6) is 0.467. The summed E-state index contributed by atoms with van der Waals surface area (Å²) in [4.78, 5) is 6.72. The minimum atomic E-state index is 0. The third-order valence-corrected chi connectivity index (χ3v) is 4.83. The molecular weight excluding hydrogens is 439 g/mol. The minimum absolute atomic E-state index is 0. The van der Waals surface area contributed by atoms with Gasteiger partial charge in [0.05, 0.1) is 18.8 Å². The van der Waals surface area contributed by atoms with Crippen molar-refractivity contribution in [3.8, 4) is 0 Å². The van der Waals surface area contributed by atoms with E-state index in [9.17, 15) is 0 Å². The van der Waals surface area contributed by atoms with Crippen LogP contribution in [-0.4, -0.2) is 41.3 Å². The number of benzene rings is 1. The zero-order valence-corrected chi connectivity index (χ0v) is 18.1. The van der Waals surface area contributed by atoms with Gasteiger partial charge in [0.2, 0.25) is 0 Å². The van der Waals surface area contributed by atoms with E-state index in [-0.39, 0.29) is 30.0 Å². The zero-order valence-electron chi connectivity index (χ0n) is 15.8. The number of nitrogens with zero attached hydrogens (tertiary/aromatic N) is 4. The Morgan fingerprint density at radius 2 is 2.12 bits per heavy atom. The molecule has 1 atom stereocenters. The standard InChI is InChI=1S/C19H28N6.HI/c1-24(2)18(15-11-22-25(3)13-15)12-21-19(20)23-17-10-6-8-14-7-4-5-9-16(14)17;/h6,8,10-11,13,18H,4-5,7,9,12H2,1-3H3,(H3,20,21,23);1H. The van der Waals surface area contributed by atoms with Crippen molar-refractivity contribution in [3.05, 3.63) is 47.3 Å². The summed E-state index contributed by atoms with van der Waals surface area (Å²) in [5.41, 5.74) is 11.2. The van der Waals surface area contributed by atoms with Gasteiger partial charge in [0.1, 0.15) is 0 Å². The average Bonchev–Trinajstić information content (AvgIpc) is 3.01. The summed E-state index contributed by atoms with van der Waals surface area (Å²) in [7, 11) is 6.02. The van der Waals surface area contributed by atoms with Crippen molar-refractivity contribution >= 4 is 35.6 Å². The van der Waals surface area contributed by atoms with Crippen molar-refractivity contribution in [1.29, 1.82) is 0 Å². The van der Waals surface area contributed by atoms with Crippen LogP contribution in [0.3, 0.4) is 0 Å². The zero-order chi connectivity index (χ0) is 17.8. The molecule has 7 heteroatoms. The third kappa shape index (κ3) is 4.97. The largest absolute Gasteiger partial charge is 0.370 e. The molecule has 3 rings (SSSR count). The van der Waals surface area contributed by atoms with Crippen LogP contribution in [0.15, 0.2) is 35.6 Å². The number of guanidine groups is 1. The van der Waals surface area contributed by atoms with Gasteiger partial charge in [-0.3, -0.25) is 9.67 Å². The van der Waals surface area contributed by atoms with Crippen molar-refractivity contribution in [3.63, 3.8) is 0 Å². The molecule has 0 aliphatic heterocycles. The Hall–Kier alpha value is -1.61. The number of anilines is 1. The van der Waals surface area contributed by atoms with Crippen LogP contribution in [0.1, 0.15) is 35.6 Å². The van der Waals surface area contributed by atoms with Crippen LogP contribution < -0.4 is 11.1 Å². The molecule has 0 amide bonds. The molecule has 0 saturated carbocycles. The van der Waals surface area contributed by atoms with Crippen LogP contribution >= 0.6 is 24.0 Å². The number of nitrogens with one attached hydrogen (secondary N) is 1. The van der Waals surface area contributed by atoms with Crippen LogP contribution in [0.2, 0.25) is 0 Å². The predicted octanol–water partition coefficient (Wildman–Crippen LogP) is 2.95. The number of aryl methyl sites for hydroxylation is 2. The normalized spacial score (nSPS) is 15.3. The molecule has 3 N–H and O–H groups in total. The fraction of sp³-hybridized carbons (Fsp3) is 0.474. The maximum Gasteiger partial charge on any atom is 0.193 e. The maximum atomic E-state index is 6.17. The van der Waals surface area contributed by atoms with E-state index in [0.29, 0.717) is 12.5 Å². The van der Waals surface area contributed by atoms with Crippen LogP contribution in [-0.2, 0) is 19.9 Å². The lowest BCUT2D eigenvalue weighted by atomic mass is 9.90. The summed E-state index contributed by atoms with van der Waals surface area (Å²) in [6.45, 7) is 0.590. The third-order valence-electron chi connectivity index (χ3n) is 4.83. The molecule has 2 aromatic rings. The molecule has 1 aliphatic carbocycles. The van der Waals surface area contributed by atoms with Gasteiger partial charge in [0.15, 0.2) is 5.96 Å². The van der Waals surface area contributed by atoms with Crippen molar-refractivity contribution in [2.24, 2.45) is 17.8 Å². The van der Waals surface area contributed by atoms with E-state index in [1.165, 1.54) is 24.0 Å². The number of nitrogens with two attached hydrogens (primary N) is 1. The molecule has 142 valence electrons. The number of hydrogen-bond donors (Lipinski definition) is 2. The SMILES string of the molecule is CN(C)C(CN=C(N)Nc1cccc2c1CCCC2)c1cnn(C)c1.I. The maximum absolute atomic E-state index is 6.17. The molecule has 26 heavy (non-hydrogen) atoms. The van der Waals surface area contributed by atoms with Gasteiger partial charge in [0, 0.05) is 24.5 Å². The molecule has 1 aromatic carbocycles. The summed E-state index contributed by atoms with van der Waals surface area (Å²) >= 11 is 0. The predicted molar refractivity (Wildman–Crippen MR) is 118 cm³/mol. The smallest absolute Gasteiger partial charge is 0.193 e. The first-order valence-corrected chi connectivity index (χ1v) is 8.87. The molecule has 1 aliphatic rings. The second-order valence-electron chi connectivity index (χ2n) is 6.93. The van der Waals surface area contributed by atoms with Gasteiger partial charge in [-0.2, -0.15) is 5.10 Å². The van der Waals surface area contributed by atoms with Crippen LogP contribution in [0.4, 0.5) is 5.69 Å². The van der Waals surface area contributed by atoms with E-state index >= 15 is 0 Å². The van der Waals surface area contributed by atoms with Gasteiger partial charge in [-0.05, 0) is 57.0 Å². The Morgan fingerprint density at radius 1 is 1.35 bits per heavy atom. The van der Waals surface area contributed by atoms with E-state index < -0.39 is 0 Å². The molecule has 0 radical (unpaired) electrons. The molecule has 0 spiro atoms. The number of rotatable bonds is 5. The number of halogens is 1. The Labute approximate surface area is 172 Å². The molecular formula is C19H29IN6. The molecule has 0 bridgehead atoms. The van der Waals surface area contributed by atoms with Crippen molar-refractivity contribution in [2.45, 2.75) is 31.7 Å². The highest BCUT2D eigenvalue weighted by Crippen LogP contribution is 2.27. The summed E-state index contributed by atoms with van der Waals surface area (Å²) in [6, 6.07) is 6.56. The molecule has 6 nitrogen and oxygen atoms in total. The second-order valence-corrected chi connectivity index (χ2v) is 6.93. The minimum Gasteiger partial charge on any atom is -0.370 e. The summed E-state index contributed by atoms with van der Waals surface area (Å²) in [5, 5.41) is 7.57. The molecule has 0 fully saturated rings. The number of likely N-dealkylation sites (N-methyl/N-ethyl adjacent to an activating group) is 1. The van der Waals surface area contributed by atoms with Gasteiger partial charge in [-0.25, -0.2) is 0 Å². The lowest BCUT2D eigenvalue weighted by molar-refractivity contribution is 0.306. The number of hydrogen-bond acceptors (Lipinski definition) is 3. The highest BCUT2D eigenvalue weighted by atomic mass is 127. The second kappa shape index (κ2) is 9.36. The van der Waals surface area contributed by atoms with E-state index in [4.69, 9.17) is 5.73 Å². The Bertz CT molecular complexity index is 752. The Morgan fingerprint density at radius 3 is 2.81 bits per heavy atom. The van der Waals surface area contributed by atoms with Crippen LogP contribution in [0, 0.1) is 0 Å². The van der Waals surface area contributed by atoms with Crippen LogP contribution in [0.25, 0.3) is 0 Å². The van der Waals surface area contributed by atoms with E-state index in [2.05, 4.69) is 38.5 Å². The topological polar surface area (TPSA) is 71.5 Å². The van der Waals surface area contributed by atoms with Gasteiger partial charge in [0.25, 0.3) is 0 Å². The number of aliphatic imine (C=N–C) groups is 1.